The zero-order valence-electron chi connectivity index (χ0n) is 23.9. The second-order valence-electron chi connectivity index (χ2n) is 8.95. The number of carbonyl (C=O) groups is 5. The second kappa shape index (κ2) is 31.2. The minimum atomic E-state index is -1.82. The number of rotatable bonds is 4. The Morgan fingerprint density at radius 2 is 0.884 bits per heavy atom. The molecule has 0 saturated heterocycles. The van der Waals surface area contributed by atoms with E-state index in [-0.39, 0.29) is 80.1 Å². The fourth-order valence-corrected chi connectivity index (χ4v) is 3.35. The summed E-state index contributed by atoms with van der Waals surface area (Å²) in [7, 11) is 0. The van der Waals surface area contributed by atoms with Crippen LogP contribution in [0, 0.1) is 7.43 Å². The van der Waals surface area contributed by atoms with E-state index in [9.17, 15) is 4.79 Å². The Morgan fingerprint density at radius 1 is 0.605 bits per heavy atom. The number of nitrogens with one attached hydrogen (secondary N) is 4. The summed E-state index contributed by atoms with van der Waals surface area (Å²) in [4.78, 5) is 46.6. The summed E-state index contributed by atoms with van der Waals surface area (Å²) < 4.78 is 0. The number of aliphatic carboxylic acids is 5. The molecule has 43 heavy (non-hydrogen) atoms. The van der Waals surface area contributed by atoms with E-state index >= 15 is 0 Å². The molecule has 0 heterocycles. The Labute approximate surface area is 281 Å². The van der Waals surface area contributed by atoms with Crippen molar-refractivity contribution in [2.75, 3.05) is 0 Å². The first-order valence-electron chi connectivity index (χ1n) is 12.7. The van der Waals surface area contributed by atoms with E-state index in [4.69, 9.17) is 67.6 Å². The molecule has 0 spiro atoms. The molecule has 1 aromatic rings. The van der Waals surface area contributed by atoms with Gasteiger partial charge >= 0.3 is 50.9 Å². The number of benzene rings is 1. The van der Waals surface area contributed by atoms with Crippen molar-refractivity contribution in [2.45, 2.75) is 94.8 Å². The molecule has 1 aromatic carbocycles. The maximum atomic E-state index is 10.2. The molecule has 254 valence electrons. The Bertz CT molecular complexity index is 810. The Hall–Kier alpha value is -2.21. The predicted octanol–water partition coefficient (Wildman–Crippen LogP) is 5.65. The molecule has 2 aliphatic rings. The molecule has 2 saturated carbocycles. The van der Waals surface area contributed by atoms with Crippen LogP contribution < -0.4 is 0 Å². The van der Waals surface area contributed by atoms with Crippen LogP contribution in [0.3, 0.4) is 0 Å². The molecule has 0 amide bonds. The van der Waals surface area contributed by atoms with Gasteiger partial charge in [0.05, 0.1) is 0 Å². The third-order valence-electron chi connectivity index (χ3n) is 5.60. The largest absolute Gasteiger partial charge is 2.00 e. The van der Waals surface area contributed by atoms with Gasteiger partial charge < -0.3 is 55.9 Å². The van der Waals surface area contributed by atoms with Gasteiger partial charge in [-0.1, -0.05) is 81.7 Å². The van der Waals surface area contributed by atoms with E-state index in [1.54, 1.807) is 0 Å². The maximum Gasteiger partial charge on any atom is 2.00 e. The molecule has 4 atom stereocenters. The molecular formula is C27H43N4O10Pt2-3. The van der Waals surface area contributed by atoms with Gasteiger partial charge in [0, 0.05) is 27.5 Å². The van der Waals surface area contributed by atoms with Crippen molar-refractivity contribution < 1.29 is 91.6 Å². The van der Waals surface area contributed by atoms with Gasteiger partial charge in [-0.15, -0.1) is 0 Å². The molecule has 0 radical (unpaired) electrons. The van der Waals surface area contributed by atoms with Crippen molar-refractivity contribution in [1.82, 2.24) is 0 Å². The monoisotopic (exact) mass is 973 g/mol. The Kier molecular flexibility index (Phi) is 36.6. The SMILES string of the molecule is O=C(O)C(=O)O.O=C(O)C(=O)O.O=C(O)CCCc1ccccc1.[CH3-].[NH-]C1CCCCC1[NH-].[NH-]C1CCCCC1[NH-].[Pt+2].[Pt]. The minimum Gasteiger partial charge on any atom is -0.676 e. The summed E-state index contributed by atoms with van der Waals surface area (Å²) in [5.41, 5.74) is 30.4. The third-order valence-corrected chi connectivity index (χ3v) is 5.60. The molecular weight excluding hydrogens is 930 g/mol. The van der Waals surface area contributed by atoms with Crippen molar-refractivity contribution in [3.05, 3.63) is 66.3 Å². The molecule has 16 heteroatoms. The first-order valence-corrected chi connectivity index (χ1v) is 12.7. The summed E-state index contributed by atoms with van der Waals surface area (Å²) in [6.45, 7) is 0. The van der Waals surface area contributed by atoms with Gasteiger partial charge in [0.25, 0.3) is 0 Å². The van der Waals surface area contributed by atoms with Crippen molar-refractivity contribution in [3.8, 4) is 0 Å². The Balaban J connectivity index is -0.000000141. The summed E-state index contributed by atoms with van der Waals surface area (Å²) in [6, 6.07) is 9.61. The summed E-state index contributed by atoms with van der Waals surface area (Å²) in [5, 5.41) is 38.0. The normalized spacial score (nSPS) is 19.5. The van der Waals surface area contributed by atoms with Crippen LogP contribution in [0.4, 0.5) is 0 Å². The zero-order valence-corrected chi connectivity index (χ0v) is 28.4. The summed E-state index contributed by atoms with van der Waals surface area (Å²) in [5.74, 6) is -8.01. The molecule has 0 aromatic heterocycles. The molecule has 0 bridgehead atoms. The van der Waals surface area contributed by atoms with Crippen molar-refractivity contribution in [1.29, 1.82) is 0 Å². The van der Waals surface area contributed by atoms with Gasteiger partial charge in [-0.25, -0.2) is 19.2 Å². The molecule has 2 fully saturated rings. The molecule has 9 N–H and O–H groups in total. The van der Waals surface area contributed by atoms with E-state index in [2.05, 4.69) is 0 Å². The first-order chi connectivity index (χ1) is 18.7. The van der Waals surface area contributed by atoms with Crippen molar-refractivity contribution in [3.63, 3.8) is 0 Å². The fraction of sp³-hybridized carbons (Fsp3) is 0.556. The van der Waals surface area contributed by atoms with Crippen LogP contribution in [0.25, 0.3) is 22.9 Å². The quantitative estimate of drug-likeness (QED) is 0.182. The second-order valence-corrected chi connectivity index (χ2v) is 8.95. The van der Waals surface area contributed by atoms with Crippen LogP contribution >= 0.6 is 0 Å². The molecule has 14 nitrogen and oxygen atoms in total. The standard InChI is InChI=1S/C10H12O2.2C6H12N2.2C2H2O4.CH3.2Pt/c11-10(12)8-4-7-9-5-2-1-3-6-9;2*7-5-3-1-2-4-6(5)8;2*3-1(4)2(5)6;;;/h1-3,5-6H,4,7-8H2,(H,11,12);2*5-8H,1-4H2;2*(H,3,4)(H,5,6);1H3;;/q;2*-2;;;-1;;+2. The van der Waals surface area contributed by atoms with Gasteiger partial charge in [-0.05, 0) is 18.4 Å². The minimum absolute atomic E-state index is 0. The third kappa shape index (κ3) is 32.5. The number of carboxylic acids is 5. The first kappa shape index (κ1) is 50.4. The van der Waals surface area contributed by atoms with Gasteiger partial charge in [0.1, 0.15) is 0 Å². The summed E-state index contributed by atoms with van der Waals surface area (Å²) in [6.07, 6.45) is 10.3. The fourth-order valence-electron chi connectivity index (χ4n) is 3.35. The predicted molar refractivity (Wildman–Crippen MR) is 153 cm³/mol. The van der Waals surface area contributed by atoms with Crippen LogP contribution in [0.15, 0.2) is 30.3 Å². The van der Waals surface area contributed by atoms with Crippen LogP contribution in [0.2, 0.25) is 0 Å². The summed E-state index contributed by atoms with van der Waals surface area (Å²) >= 11 is 0. The number of hydrogen-bond donors (Lipinski definition) is 5. The van der Waals surface area contributed by atoms with Crippen molar-refractivity contribution >= 4 is 29.8 Å². The van der Waals surface area contributed by atoms with E-state index in [1.807, 2.05) is 30.3 Å². The van der Waals surface area contributed by atoms with Gasteiger partial charge in [0.2, 0.25) is 0 Å². The average Bonchev–Trinajstić information content (AvgIpc) is 2.89. The Morgan fingerprint density at radius 3 is 1.09 bits per heavy atom. The van der Waals surface area contributed by atoms with Gasteiger partial charge in [-0.3, -0.25) is 4.79 Å². The van der Waals surface area contributed by atoms with E-state index in [0.717, 1.165) is 38.5 Å². The topological polar surface area (TPSA) is 282 Å². The molecule has 3 rings (SSSR count). The van der Waals surface area contributed by atoms with Crippen LogP contribution in [-0.2, 0) is 72.5 Å². The number of carboxylic acid groups (broad SMARTS) is 5. The smallest absolute Gasteiger partial charge is 0.676 e. The average molecular weight is 974 g/mol. The van der Waals surface area contributed by atoms with E-state index < -0.39 is 29.8 Å². The number of aryl methyl sites for hydroxylation is 1. The van der Waals surface area contributed by atoms with Crippen LogP contribution in [-0.4, -0.2) is 79.5 Å². The van der Waals surface area contributed by atoms with Crippen LogP contribution in [0.1, 0.15) is 69.8 Å². The van der Waals surface area contributed by atoms with E-state index in [1.165, 1.54) is 31.2 Å². The molecule has 4 unspecified atom stereocenters. The molecule has 0 aliphatic heterocycles. The van der Waals surface area contributed by atoms with Gasteiger partial charge in [0.15, 0.2) is 0 Å². The van der Waals surface area contributed by atoms with E-state index in [0.29, 0.717) is 0 Å². The van der Waals surface area contributed by atoms with Crippen molar-refractivity contribution in [2.24, 2.45) is 0 Å². The number of hydrogen-bond acceptors (Lipinski definition) is 5. The molecule has 2 aliphatic carbocycles. The van der Waals surface area contributed by atoms with Crippen LogP contribution in [0.5, 0.6) is 0 Å². The van der Waals surface area contributed by atoms with Gasteiger partial charge in [-0.2, -0.15) is 24.2 Å². The maximum absolute atomic E-state index is 10.2. The zero-order chi connectivity index (χ0) is 31.1.